The number of rotatable bonds is 2. The Morgan fingerprint density at radius 3 is 2.95 bits per heavy atom. The van der Waals surface area contributed by atoms with Gasteiger partial charge in [0.1, 0.15) is 6.07 Å². The average molecular weight is 259 g/mol. The van der Waals surface area contributed by atoms with Gasteiger partial charge in [-0.05, 0) is 12.1 Å². The number of hydrogen-bond donors (Lipinski definition) is 0. The molecule has 0 saturated heterocycles. The monoisotopic (exact) mass is 259 g/mol. The van der Waals surface area contributed by atoms with Crippen molar-refractivity contribution in [3.63, 3.8) is 0 Å². The van der Waals surface area contributed by atoms with Gasteiger partial charge in [0.15, 0.2) is 6.61 Å². The number of amidine groups is 1. The number of carbonyl (C=O) groups is 2. The number of ether oxygens (including phenoxy) is 1. The first-order chi connectivity index (χ1) is 9.19. The third kappa shape index (κ3) is 2.24. The number of oxime groups is 1. The van der Waals surface area contributed by atoms with Gasteiger partial charge in [0.2, 0.25) is 0 Å². The summed E-state index contributed by atoms with van der Waals surface area (Å²) in [5, 5.41) is 12.4. The van der Waals surface area contributed by atoms with Gasteiger partial charge in [0, 0.05) is 0 Å². The molecule has 0 aliphatic carbocycles. The molecule has 0 spiro atoms. The van der Waals surface area contributed by atoms with Crippen LogP contribution in [0, 0.1) is 11.3 Å². The molecule has 0 radical (unpaired) electrons. The highest BCUT2D eigenvalue weighted by Gasteiger charge is 2.29. The van der Waals surface area contributed by atoms with Crippen LogP contribution in [-0.2, 0) is 14.4 Å². The summed E-state index contributed by atoms with van der Waals surface area (Å²) < 4.78 is 4.64. The summed E-state index contributed by atoms with van der Waals surface area (Å²) in [5.41, 5.74) is 0.408. The van der Waals surface area contributed by atoms with Crippen LogP contribution in [0.3, 0.4) is 0 Å². The second-order valence-electron chi connectivity index (χ2n) is 3.54. The molecule has 1 aliphatic heterocycles. The molecule has 0 atom stereocenters. The van der Waals surface area contributed by atoms with E-state index in [1.807, 2.05) is 0 Å². The Balaban J connectivity index is 2.55. The Bertz CT molecular complexity index is 603. The Morgan fingerprint density at radius 1 is 1.53 bits per heavy atom. The zero-order valence-electron chi connectivity index (χ0n) is 9.99. The van der Waals surface area contributed by atoms with Crippen molar-refractivity contribution in [2.75, 3.05) is 18.6 Å². The third-order valence-electron chi connectivity index (χ3n) is 2.45. The molecule has 2 rings (SSSR count). The predicted octanol–water partition coefficient (Wildman–Crippen LogP) is 0.673. The fraction of sp³-hybridized carbons (Fsp3) is 0.167. The van der Waals surface area contributed by atoms with Crippen LogP contribution >= 0.6 is 0 Å². The molecule has 0 N–H and O–H groups in total. The van der Waals surface area contributed by atoms with Gasteiger partial charge in [0.05, 0.1) is 18.4 Å². The minimum absolute atomic E-state index is 0.170. The van der Waals surface area contributed by atoms with E-state index < -0.39 is 11.9 Å². The number of methoxy groups -OCH3 is 1. The maximum absolute atomic E-state index is 11.8. The van der Waals surface area contributed by atoms with E-state index in [1.54, 1.807) is 18.2 Å². The highest BCUT2D eigenvalue weighted by Crippen LogP contribution is 2.23. The van der Waals surface area contributed by atoms with Crippen molar-refractivity contribution in [1.29, 1.82) is 5.26 Å². The average Bonchev–Trinajstić information content (AvgIpc) is 2.46. The van der Waals surface area contributed by atoms with Crippen LogP contribution < -0.4 is 4.90 Å². The van der Waals surface area contributed by atoms with E-state index in [1.165, 1.54) is 19.2 Å². The van der Waals surface area contributed by atoms with E-state index in [0.29, 0.717) is 0 Å². The number of nitriles is 1. The zero-order chi connectivity index (χ0) is 13.8. The summed E-state index contributed by atoms with van der Waals surface area (Å²) >= 11 is 0. The molecular formula is C12H9N3O4. The molecule has 7 heteroatoms. The SMILES string of the molecule is COC(=O)c1ccccc1N1C(=O)CON=C1C#N. The number of esters is 1. The second-order valence-corrected chi connectivity index (χ2v) is 3.54. The fourth-order valence-electron chi connectivity index (χ4n) is 1.64. The van der Waals surface area contributed by atoms with Crippen LogP contribution in [0.4, 0.5) is 5.69 Å². The summed E-state index contributed by atoms with van der Waals surface area (Å²) in [4.78, 5) is 29.2. The maximum Gasteiger partial charge on any atom is 0.339 e. The van der Waals surface area contributed by atoms with Gasteiger partial charge < -0.3 is 9.57 Å². The zero-order valence-corrected chi connectivity index (χ0v) is 9.99. The molecule has 0 saturated carbocycles. The van der Waals surface area contributed by atoms with Crippen LogP contribution in [0.1, 0.15) is 10.4 Å². The van der Waals surface area contributed by atoms with E-state index in [0.717, 1.165) is 4.90 Å². The first-order valence-electron chi connectivity index (χ1n) is 5.29. The summed E-state index contributed by atoms with van der Waals surface area (Å²) in [7, 11) is 1.24. The molecule has 0 unspecified atom stereocenters. The summed E-state index contributed by atoms with van der Waals surface area (Å²) in [5.74, 6) is -1.32. The van der Waals surface area contributed by atoms with E-state index in [-0.39, 0.29) is 23.7 Å². The topological polar surface area (TPSA) is 92.0 Å². The van der Waals surface area contributed by atoms with E-state index in [9.17, 15) is 9.59 Å². The summed E-state index contributed by atoms with van der Waals surface area (Å²) in [6, 6.07) is 8.04. The quantitative estimate of drug-likeness (QED) is 0.728. The van der Waals surface area contributed by atoms with Gasteiger partial charge in [-0.1, -0.05) is 17.3 Å². The van der Waals surface area contributed by atoms with Crippen molar-refractivity contribution in [2.45, 2.75) is 0 Å². The lowest BCUT2D eigenvalue weighted by Crippen LogP contribution is -2.42. The molecule has 1 aromatic rings. The Hall–Kier alpha value is -2.88. The molecule has 0 fully saturated rings. The van der Waals surface area contributed by atoms with Crippen molar-refractivity contribution in [3.05, 3.63) is 29.8 Å². The van der Waals surface area contributed by atoms with Gasteiger partial charge in [-0.15, -0.1) is 0 Å². The molecule has 1 heterocycles. The van der Waals surface area contributed by atoms with Gasteiger partial charge in [0.25, 0.3) is 11.7 Å². The lowest BCUT2D eigenvalue weighted by Gasteiger charge is -2.24. The van der Waals surface area contributed by atoms with Crippen LogP contribution in [-0.4, -0.2) is 31.4 Å². The van der Waals surface area contributed by atoms with E-state index in [4.69, 9.17) is 5.26 Å². The maximum atomic E-state index is 11.8. The van der Waals surface area contributed by atoms with Gasteiger partial charge in [-0.2, -0.15) is 5.26 Å². The molecule has 1 aliphatic rings. The van der Waals surface area contributed by atoms with Crippen LogP contribution in [0.5, 0.6) is 0 Å². The number of benzene rings is 1. The number of amides is 1. The molecule has 0 aromatic heterocycles. The third-order valence-corrected chi connectivity index (χ3v) is 2.45. The molecule has 96 valence electrons. The first kappa shape index (κ1) is 12.6. The minimum atomic E-state index is -0.604. The molecule has 1 amide bonds. The molecular weight excluding hydrogens is 250 g/mol. The lowest BCUT2D eigenvalue weighted by molar-refractivity contribution is -0.123. The van der Waals surface area contributed by atoms with Gasteiger partial charge >= 0.3 is 5.97 Å². The van der Waals surface area contributed by atoms with Crippen molar-refractivity contribution in [2.24, 2.45) is 5.16 Å². The number of para-hydroxylation sites is 1. The standard InChI is InChI=1S/C12H9N3O4/c1-18-12(17)8-4-2-3-5-9(8)15-10(6-13)14-19-7-11(15)16/h2-5H,7H2,1H3. The highest BCUT2D eigenvalue weighted by atomic mass is 16.6. The Labute approximate surface area is 108 Å². The second kappa shape index (κ2) is 5.18. The highest BCUT2D eigenvalue weighted by molar-refractivity contribution is 6.25. The summed E-state index contributed by atoms with van der Waals surface area (Å²) in [6.07, 6.45) is 0. The lowest BCUT2D eigenvalue weighted by atomic mass is 10.1. The van der Waals surface area contributed by atoms with E-state index >= 15 is 0 Å². The Kier molecular flexibility index (Phi) is 3.43. The van der Waals surface area contributed by atoms with E-state index in [2.05, 4.69) is 14.7 Å². The van der Waals surface area contributed by atoms with Gasteiger partial charge in [-0.3, -0.25) is 4.79 Å². The fourth-order valence-corrected chi connectivity index (χ4v) is 1.64. The predicted molar refractivity (Wildman–Crippen MR) is 64.3 cm³/mol. The minimum Gasteiger partial charge on any atom is -0.465 e. The molecule has 1 aromatic carbocycles. The molecule has 7 nitrogen and oxygen atoms in total. The molecule has 0 bridgehead atoms. The largest absolute Gasteiger partial charge is 0.465 e. The van der Waals surface area contributed by atoms with Crippen LogP contribution in [0.15, 0.2) is 29.4 Å². The number of hydrogen-bond acceptors (Lipinski definition) is 6. The van der Waals surface area contributed by atoms with Crippen molar-refractivity contribution in [1.82, 2.24) is 0 Å². The number of anilines is 1. The number of carbonyl (C=O) groups excluding carboxylic acids is 2. The smallest absolute Gasteiger partial charge is 0.339 e. The first-order valence-corrected chi connectivity index (χ1v) is 5.29. The normalized spacial score (nSPS) is 14.2. The number of nitrogens with zero attached hydrogens (tertiary/aromatic N) is 3. The Morgan fingerprint density at radius 2 is 2.26 bits per heavy atom. The van der Waals surface area contributed by atoms with Crippen molar-refractivity contribution < 1.29 is 19.2 Å². The molecule has 19 heavy (non-hydrogen) atoms. The summed E-state index contributed by atoms with van der Waals surface area (Å²) in [6.45, 7) is -0.291. The van der Waals surface area contributed by atoms with Crippen molar-refractivity contribution in [3.8, 4) is 6.07 Å². The van der Waals surface area contributed by atoms with Gasteiger partial charge in [-0.25, -0.2) is 9.69 Å². The van der Waals surface area contributed by atoms with Crippen LogP contribution in [0.2, 0.25) is 0 Å². The van der Waals surface area contributed by atoms with Crippen LogP contribution in [0.25, 0.3) is 0 Å². The van der Waals surface area contributed by atoms with Crippen molar-refractivity contribution >= 4 is 23.4 Å².